The second-order valence-electron chi connectivity index (χ2n) is 15.6. The van der Waals surface area contributed by atoms with Crippen LogP contribution in [0.15, 0.2) is 72.8 Å². The van der Waals surface area contributed by atoms with Crippen LogP contribution < -0.4 is 13.9 Å². The molecule has 0 amide bonds. The molecule has 4 aromatic carbocycles. The number of phenols is 1. The molecular formula is C42H50F2N2O4Si. The molecule has 0 atom stereocenters. The van der Waals surface area contributed by atoms with Gasteiger partial charge in [-0.2, -0.15) is 10.5 Å². The number of hydrogen-bond acceptors (Lipinski definition) is 6. The highest BCUT2D eigenvalue weighted by atomic mass is 28.4. The van der Waals surface area contributed by atoms with Crippen molar-refractivity contribution < 1.29 is 27.8 Å². The van der Waals surface area contributed by atoms with E-state index in [9.17, 15) is 24.4 Å². The second-order valence-corrected chi connectivity index (χ2v) is 20.3. The van der Waals surface area contributed by atoms with Gasteiger partial charge in [0, 0.05) is 11.1 Å². The molecule has 0 aliphatic carbocycles. The van der Waals surface area contributed by atoms with E-state index in [1.165, 1.54) is 25.3 Å². The first-order valence-electron chi connectivity index (χ1n) is 16.8. The third-order valence-corrected chi connectivity index (χ3v) is 13.5. The Morgan fingerprint density at radius 2 is 1.02 bits per heavy atom. The quantitative estimate of drug-likeness (QED) is 0.164. The summed E-state index contributed by atoms with van der Waals surface area (Å²) in [6.45, 7) is 18.4. The fourth-order valence-electron chi connectivity index (χ4n) is 5.19. The van der Waals surface area contributed by atoms with Crippen LogP contribution in [0.4, 0.5) is 8.78 Å². The van der Waals surface area contributed by atoms with Crippen LogP contribution in [-0.2, 0) is 12.8 Å². The summed E-state index contributed by atoms with van der Waals surface area (Å²) in [5.41, 5.74) is 2.68. The summed E-state index contributed by atoms with van der Waals surface area (Å²) in [6.07, 6.45) is 0.897. The molecule has 0 saturated carbocycles. The molecule has 6 nitrogen and oxygen atoms in total. The molecule has 9 heteroatoms. The molecule has 0 radical (unpaired) electrons. The normalized spacial score (nSPS) is 11.8. The van der Waals surface area contributed by atoms with E-state index in [0.29, 0.717) is 41.0 Å². The highest BCUT2D eigenvalue weighted by Gasteiger charge is 2.39. The lowest BCUT2D eigenvalue weighted by Crippen LogP contribution is -2.43. The Bertz CT molecular complexity index is 1930. The predicted octanol–water partition coefficient (Wildman–Crippen LogP) is 11.3. The Morgan fingerprint density at radius 3 is 1.43 bits per heavy atom. The number of nitrogens with zero attached hydrogens (tertiary/aromatic N) is 2. The molecule has 4 rings (SSSR count). The third kappa shape index (κ3) is 10.6. The zero-order valence-corrected chi connectivity index (χ0v) is 32.7. The fraction of sp³-hybridized carbons (Fsp3) is 0.381. The van der Waals surface area contributed by atoms with Crippen molar-refractivity contribution in [3.63, 3.8) is 0 Å². The van der Waals surface area contributed by atoms with E-state index in [1.807, 2.05) is 45.9 Å². The summed E-state index contributed by atoms with van der Waals surface area (Å²) >= 11 is 0. The lowest BCUT2D eigenvalue weighted by atomic mass is 9.84. The molecule has 1 N–H and O–H groups in total. The number of aromatic hydroxyl groups is 1. The van der Waals surface area contributed by atoms with Gasteiger partial charge in [0.05, 0.1) is 37.2 Å². The third-order valence-electron chi connectivity index (χ3n) is 9.14. The summed E-state index contributed by atoms with van der Waals surface area (Å²) in [4.78, 5) is 0. The van der Waals surface area contributed by atoms with Crippen LogP contribution in [0.25, 0.3) is 22.3 Å². The molecule has 0 saturated heterocycles. The first-order chi connectivity index (χ1) is 23.7. The monoisotopic (exact) mass is 712 g/mol. The van der Waals surface area contributed by atoms with Crippen molar-refractivity contribution in [1.29, 1.82) is 10.5 Å². The maximum atomic E-state index is 14.7. The van der Waals surface area contributed by atoms with E-state index in [2.05, 4.69) is 46.0 Å². The van der Waals surface area contributed by atoms with Gasteiger partial charge in [0.1, 0.15) is 34.6 Å². The molecular weight excluding hydrogens is 663 g/mol. The van der Waals surface area contributed by atoms with Gasteiger partial charge in [0.25, 0.3) is 0 Å². The lowest BCUT2D eigenvalue weighted by molar-refractivity contribution is 0.414. The van der Waals surface area contributed by atoms with Crippen LogP contribution in [0.1, 0.15) is 59.6 Å². The van der Waals surface area contributed by atoms with Crippen molar-refractivity contribution >= 4 is 8.32 Å². The Kier molecular flexibility index (Phi) is 12.7. The number of phenolic OH excluding ortho intramolecular Hbond substituents is 1. The number of benzene rings is 4. The summed E-state index contributed by atoms with van der Waals surface area (Å²) in [6, 6.07) is 24.3. The molecule has 0 spiro atoms. The van der Waals surface area contributed by atoms with Crippen LogP contribution >= 0.6 is 0 Å². The summed E-state index contributed by atoms with van der Waals surface area (Å²) in [5, 5.41) is 28.6. The topological polar surface area (TPSA) is 95.5 Å². The van der Waals surface area contributed by atoms with Gasteiger partial charge in [-0.15, -0.1) is 0 Å². The second kappa shape index (κ2) is 16.0. The number of halogens is 2. The van der Waals surface area contributed by atoms with Crippen molar-refractivity contribution in [3.05, 3.63) is 95.6 Å². The summed E-state index contributed by atoms with van der Waals surface area (Å²) in [7, 11) is 1.07. The largest absolute Gasteiger partial charge is 0.543 e. The van der Waals surface area contributed by atoms with Gasteiger partial charge in [-0.1, -0.05) is 32.9 Å². The maximum absolute atomic E-state index is 14.7. The SMILES string of the molecule is COc1ccc(F)c(-c2ccc(O)cc2CC(C)(C)C#N)c1.COc1ccc(F)c(-c2ccc(O[Si](C)(C)C(C)(C)C)cc2CC(C)(C)C#N)c1. The van der Waals surface area contributed by atoms with Crippen molar-refractivity contribution in [3.8, 4) is 57.4 Å². The minimum absolute atomic E-state index is 0.0661. The van der Waals surface area contributed by atoms with Gasteiger partial charge in [0.15, 0.2) is 0 Å². The van der Waals surface area contributed by atoms with Crippen LogP contribution in [0.5, 0.6) is 23.0 Å². The zero-order valence-electron chi connectivity index (χ0n) is 31.7. The fourth-order valence-corrected chi connectivity index (χ4v) is 6.21. The van der Waals surface area contributed by atoms with Gasteiger partial charge in [-0.25, -0.2) is 8.78 Å². The Labute approximate surface area is 303 Å². The van der Waals surface area contributed by atoms with Gasteiger partial charge in [0.2, 0.25) is 8.32 Å². The van der Waals surface area contributed by atoms with Gasteiger partial charge in [-0.3, -0.25) is 0 Å². The maximum Gasteiger partial charge on any atom is 0.250 e. The summed E-state index contributed by atoms with van der Waals surface area (Å²) < 4.78 is 45.8. The van der Waals surface area contributed by atoms with Crippen LogP contribution in [0.3, 0.4) is 0 Å². The average molecular weight is 713 g/mol. The average Bonchev–Trinajstić information content (AvgIpc) is 3.05. The number of nitriles is 2. The first-order valence-corrected chi connectivity index (χ1v) is 19.7. The zero-order chi connectivity index (χ0) is 38.4. The highest BCUT2D eigenvalue weighted by molar-refractivity contribution is 6.74. The number of rotatable bonds is 10. The first kappa shape index (κ1) is 40.6. The van der Waals surface area contributed by atoms with E-state index >= 15 is 0 Å². The molecule has 0 aromatic heterocycles. The highest BCUT2D eigenvalue weighted by Crippen LogP contribution is 2.40. The van der Waals surface area contributed by atoms with Crippen molar-refractivity contribution in [2.24, 2.45) is 10.8 Å². The Hall–Kier alpha value is -4.86. The van der Waals surface area contributed by atoms with Gasteiger partial charge >= 0.3 is 0 Å². The molecule has 4 aromatic rings. The molecule has 270 valence electrons. The van der Waals surface area contributed by atoms with E-state index < -0.39 is 19.1 Å². The predicted molar refractivity (Wildman–Crippen MR) is 202 cm³/mol. The molecule has 0 unspecified atom stereocenters. The minimum atomic E-state index is -2.02. The van der Waals surface area contributed by atoms with Crippen LogP contribution in [-0.4, -0.2) is 27.6 Å². The molecule has 0 aliphatic heterocycles. The van der Waals surface area contributed by atoms with Gasteiger partial charge < -0.3 is 19.0 Å². The Morgan fingerprint density at radius 1 is 0.608 bits per heavy atom. The van der Waals surface area contributed by atoms with E-state index in [4.69, 9.17) is 13.9 Å². The number of hydrogen-bond donors (Lipinski definition) is 1. The van der Waals surface area contributed by atoms with E-state index in [0.717, 1.165) is 22.4 Å². The smallest absolute Gasteiger partial charge is 0.250 e. The standard InChI is InChI=1S/C24H32FNO2Si.C18H18FNO2/c1-23(2,3)29(7,8)28-19-9-11-20(17(13-19)15-24(4,5)16-26)21-14-18(27-6)10-12-22(21)25;1-18(2,11-20)10-12-8-13(21)4-6-15(12)16-9-14(22-3)5-7-17(16)19/h9-14H,15H2,1-8H3;4-9,21H,10H2,1-3H3. The molecule has 0 fully saturated rings. The molecule has 51 heavy (non-hydrogen) atoms. The van der Waals surface area contributed by atoms with E-state index in [-0.39, 0.29) is 22.4 Å². The van der Waals surface area contributed by atoms with E-state index in [1.54, 1.807) is 43.5 Å². The van der Waals surface area contributed by atoms with Crippen molar-refractivity contribution in [2.75, 3.05) is 14.2 Å². The molecule has 0 heterocycles. The lowest BCUT2D eigenvalue weighted by Gasteiger charge is -2.36. The Balaban J connectivity index is 0.000000286. The number of ether oxygens (including phenoxy) is 2. The molecule has 0 bridgehead atoms. The number of methoxy groups -OCH3 is 2. The van der Waals surface area contributed by atoms with Gasteiger partial charge in [-0.05, 0) is 142 Å². The minimum Gasteiger partial charge on any atom is -0.543 e. The van der Waals surface area contributed by atoms with Crippen LogP contribution in [0.2, 0.25) is 18.1 Å². The summed E-state index contributed by atoms with van der Waals surface area (Å²) in [5.74, 6) is 1.31. The van der Waals surface area contributed by atoms with Crippen molar-refractivity contribution in [2.45, 2.75) is 79.4 Å². The molecule has 0 aliphatic rings. The van der Waals surface area contributed by atoms with Crippen LogP contribution in [0, 0.1) is 45.1 Å². The van der Waals surface area contributed by atoms with Crippen molar-refractivity contribution in [1.82, 2.24) is 0 Å².